The van der Waals surface area contributed by atoms with Crippen molar-refractivity contribution in [1.29, 1.82) is 0 Å². The molecule has 1 aromatic rings. The molecule has 2 atom stereocenters. The summed E-state index contributed by atoms with van der Waals surface area (Å²) < 4.78 is 0. The maximum Gasteiger partial charge on any atom is 0.251 e. The van der Waals surface area contributed by atoms with Gasteiger partial charge in [0.25, 0.3) is 5.91 Å². The van der Waals surface area contributed by atoms with Crippen molar-refractivity contribution in [2.45, 2.75) is 52.4 Å². The molecule has 0 saturated heterocycles. The summed E-state index contributed by atoms with van der Waals surface area (Å²) in [5.74, 6) is 0.293. The first-order chi connectivity index (χ1) is 10.7. The van der Waals surface area contributed by atoms with Crippen molar-refractivity contribution in [3.05, 3.63) is 17.0 Å². The summed E-state index contributed by atoms with van der Waals surface area (Å²) >= 11 is 1.38. The van der Waals surface area contributed by atoms with E-state index in [0.29, 0.717) is 27.3 Å². The highest BCUT2D eigenvalue weighted by Crippen LogP contribution is 2.69. The molecular weight excluding hydrogens is 308 g/mol. The second kappa shape index (κ2) is 4.59. The molecule has 5 heteroatoms. The van der Waals surface area contributed by atoms with Crippen molar-refractivity contribution in [1.82, 2.24) is 0 Å². The third-order valence-corrected chi connectivity index (χ3v) is 7.10. The largest absolute Gasteiger partial charge is 0.366 e. The fourth-order valence-electron chi connectivity index (χ4n) is 6.54. The van der Waals surface area contributed by atoms with Gasteiger partial charge in [0.05, 0.1) is 11.0 Å². The van der Waals surface area contributed by atoms with E-state index in [0.717, 1.165) is 19.3 Å². The third-order valence-electron chi connectivity index (χ3n) is 6.27. The van der Waals surface area contributed by atoms with Gasteiger partial charge in [-0.1, -0.05) is 13.8 Å². The zero-order valence-corrected chi connectivity index (χ0v) is 14.6. The van der Waals surface area contributed by atoms with E-state index in [1.807, 2.05) is 0 Å². The molecule has 4 nitrogen and oxygen atoms in total. The Morgan fingerprint density at radius 3 is 2.39 bits per heavy atom. The number of primary amides is 1. The Hall–Kier alpha value is -1.36. The minimum Gasteiger partial charge on any atom is -0.366 e. The molecule has 1 aromatic heterocycles. The lowest BCUT2D eigenvalue weighted by molar-refractivity contribution is -0.165. The van der Waals surface area contributed by atoms with Crippen molar-refractivity contribution in [3.63, 3.8) is 0 Å². The summed E-state index contributed by atoms with van der Waals surface area (Å²) in [5.41, 5.74) is 6.16. The quantitative estimate of drug-likeness (QED) is 0.884. The van der Waals surface area contributed by atoms with Crippen LogP contribution in [-0.4, -0.2) is 11.8 Å². The van der Waals surface area contributed by atoms with Crippen LogP contribution in [0.4, 0.5) is 5.00 Å². The Kier molecular flexibility index (Phi) is 3.03. The molecule has 5 rings (SSSR count). The second-order valence-electron chi connectivity index (χ2n) is 8.89. The summed E-state index contributed by atoms with van der Waals surface area (Å²) in [5, 5.41) is 5.45. The highest BCUT2D eigenvalue weighted by atomic mass is 32.1. The van der Waals surface area contributed by atoms with E-state index < -0.39 is 5.91 Å². The molecule has 124 valence electrons. The molecule has 0 aromatic carbocycles. The van der Waals surface area contributed by atoms with Crippen LogP contribution < -0.4 is 11.1 Å². The van der Waals surface area contributed by atoms with Crippen LogP contribution in [0.3, 0.4) is 0 Å². The summed E-state index contributed by atoms with van der Waals surface area (Å²) in [7, 11) is 0. The van der Waals surface area contributed by atoms with Crippen LogP contribution in [0.1, 0.15) is 62.7 Å². The average Bonchev–Trinajstić information content (AvgIpc) is 2.82. The summed E-state index contributed by atoms with van der Waals surface area (Å²) in [6.07, 6.45) is 6.75. The monoisotopic (exact) mass is 332 g/mol. The number of amides is 2. The molecule has 4 aliphatic rings. The first-order valence-electron chi connectivity index (χ1n) is 8.42. The highest BCUT2D eigenvalue weighted by Gasteiger charge is 2.62. The van der Waals surface area contributed by atoms with Gasteiger partial charge in [0, 0.05) is 0 Å². The maximum atomic E-state index is 13.2. The molecule has 0 aliphatic heterocycles. The van der Waals surface area contributed by atoms with Crippen LogP contribution in [-0.2, 0) is 4.79 Å². The number of carbonyl (C=O) groups is 2. The van der Waals surface area contributed by atoms with E-state index in [1.54, 1.807) is 11.4 Å². The van der Waals surface area contributed by atoms with Crippen LogP contribution in [0.25, 0.3) is 0 Å². The van der Waals surface area contributed by atoms with Gasteiger partial charge in [-0.25, -0.2) is 0 Å². The zero-order chi connectivity index (χ0) is 16.5. The lowest BCUT2D eigenvalue weighted by Crippen LogP contribution is -2.58. The van der Waals surface area contributed by atoms with Crippen LogP contribution in [0.15, 0.2) is 11.4 Å². The van der Waals surface area contributed by atoms with Gasteiger partial charge < -0.3 is 11.1 Å². The van der Waals surface area contributed by atoms with E-state index in [4.69, 9.17) is 5.73 Å². The second-order valence-corrected chi connectivity index (χ2v) is 9.81. The molecule has 23 heavy (non-hydrogen) atoms. The Morgan fingerprint density at radius 1 is 1.17 bits per heavy atom. The normalized spacial score (nSPS) is 41.0. The molecule has 0 unspecified atom stereocenters. The molecular formula is C18H24N2O2S. The molecule has 4 aliphatic carbocycles. The Balaban J connectivity index is 1.63. The summed E-state index contributed by atoms with van der Waals surface area (Å²) in [4.78, 5) is 24.7. The Labute approximate surface area is 140 Å². The molecule has 4 saturated carbocycles. The molecule has 3 N–H and O–H groups in total. The first-order valence-corrected chi connectivity index (χ1v) is 9.30. The fourth-order valence-corrected chi connectivity index (χ4v) is 7.32. The maximum absolute atomic E-state index is 13.2. The number of nitrogens with one attached hydrogen (secondary N) is 1. The molecule has 4 fully saturated rings. The third kappa shape index (κ3) is 2.32. The molecule has 1 heterocycles. The number of hydrogen-bond donors (Lipinski definition) is 2. The minimum atomic E-state index is -0.481. The smallest absolute Gasteiger partial charge is 0.251 e. The van der Waals surface area contributed by atoms with Gasteiger partial charge in [-0.3, -0.25) is 9.59 Å². The predicted molar refractivity (Wildman–Crippen MR) is 91.3 cm³/mol. The van der Waals surface area contributed by atoms with Gasteiger partial charge in [-0.05, 0) is 66.7 Å². The standard InChI is InChI=1S/C18H24N2O2S/c1-16-5-11-6-17(2,8-16)10-18(7-11,9-16)15(22)20-14-12(13(19)21)3-4-23-14/h3-4,11H,5-10H2,1-2H3,(H2,19,21)(H,20,22)/t11?,16-,17-,18?/m0/s1. The first kappa shape index (κ1) is 15.2. The van der Waals surface area contributed by atoms with Crippen LogP contribution in [0.5, 0.6) is 0 Å². The average molecular weight is 332 g/mol. The predicted octanol–water partition coefficient (Wildman–Crippen LogP) is 3.78. The van der Waals surface area contributed by atoms with Gasteiger partial charge in [0.1, 0.15) is 5.00 Å². The number of hydrogen-bond acceptors (Lipinski definition) is 3. The summed E-state index contributed by atoms with van der Waals surface area (Å²) in [6, 6.07) is 1.69. The molecule has 0 radical (unpaired) electrons. The van der Waals surface area contributed by atoms with Crippen molar-refractivity contribution in [2.75, 3.05) is 5.32 Å². The van der Waals surface area contributed by atoms with Gasteiger partial charge in [-0.15, -0.1) is 11.3 Å². The van der Waals surface area contributed by atoms with Crippen LogP contribution in [0, 0.1) is 22.2 Å². The number of carbonyl (C=O) groups excluding carboxylic acids is 2. The minimum absolute atomic E-state index is 0.101. The van der Waals surface area contributed by atoms with E-state index >= 15 is 0 Å². The number of anilines is 1. The summed E-state index contributed by atoms with van der Waals surface area (Å²) in [6.45, 7) is 4.72. The fraction of sp³-hybridized carbons (Fsp3) is 0.667. The Bertz CT molecular complexity index is 677. The van der Waals surface area contributed by atoms with Gasteiger partial charge >= 0.3 is 0 Å². The van der Waals surface area contributed by atoms with Gasteiger partial charge in [-0.2, -0.15) is 0 Å². The highest BCUT2D eigenvalue weighted by molar-refractivity contribution is 7.14. The lowest BCUT2D eigenvalue weighted by Gasteiger charge is -2.64. The molecule has 0 spiro atoms. The molecule has 2 amide bonds. The molecule has 4 bridgehead atoms. The van der Waals surface area contributed by atoms with Crippen LogP contribution in [0.2, 0.25) is 0 Å². The zero-order valence-electron chi connectivity index (χ0n) is 13.8. The SMILES string of the molecule is C[C@@]12CC3CC(C(=O)Nc4sccc4C(N)=O)(C1)C[C@@](C)(C3)C2. The van der Waals surface area contributed by atoms with E-state index in [2.05, 4.69) is 19.2 Å². The van der Waals surface area contributed by atoms with E-state index in [1.165, 1.54) is 30.6 Å². The van der Waals surface area contributed by atoms with Gasteiger partial charge in [0.15, 0.2) is 0 Å². The topological polar surface area (TPSA) is 72.2 Å². The number of rotatable bonds is 3. The van der Waals surface area contributed by atoms with Crippen molar-refractivity contribution < 1.29 is 9.59 Å². The number of thiophene rings is 1. The van der Waals surface area contributed by atoms with Crippen molar-refractivity contribution >= 4 is 28.2 Å². The Morgan fingerprint density at radius 2 is 1.83 bits per heavy atom. The lowest BCUT2D eigenvalue weighted by atomic mass is 9.40. The van der Waals surface area contributed by atoms with Crippen LogP contribution >= 0.6 is 11.3 Å². The van der Waals surface area contributed by atoms with E-state index in [9.17, 15) is 9.59 Å². The van der Waals surface area contributed by atoms with Crippen molar-refractivity contribution in [3.8, 4) is 0 Å². The van der Waals surface area contributed by atoms with Gasteiger partial charge in [0.2, 0.25) is 5.91 Å². The van der Waals surface area contributed by atoms with Crippen molar-refractivity contribution in [2.24, 2.45) is 27.9 Å². The number of nitrogens with two attached hydrogens (primary N) is 1. The van der Waals surface area contributed by atoms with E-state index in [-0.39, 0.29) is 11.3 Å².